The van der Waals surface area contributed by atoms with E-state index in [1.54, 1.807) is 36.9 Å². The molecule has 0 amide bonds. The first kappa shape index (κ1) is 16.2. The van der Waals surface area contributed by atoms with Crippen LogP contribution in [0.2, 0.25) is 0 Å². The predicted octanol–water partition coefficient (Wildman–Crippen LogP) is 4.70. The molecular formula is C15H15N3O2S3. The number of para-hydroxylation sites is 1. The van der Waals surface area contributed by atoms with E-state index >= 15 is 0 Å². The Morgan fingerprint density at radius 1 is 1.30 bits per heavy atom. The van der Waals surface area contributed by atoms with E-state index in [1.165, 1.54) is 11.3 Å². The summed E-state index contributed by atoms with van der Waals surface area (Å²) in [5.74, 6) is -0.329. The highest BCUT2D eigenvalue weighted by atomic mass is 32.2. The number of carbonyl (C=O) groups excluding carboxylic acids is 1. The third kappa shape index (κ3) is 3.34. The maximum absolute atomic E-state index is 11.9. The minimum atomic E-state index is -0.329. The normalized spacial score (nSPS) is 10.9. The molecule has 0 atom stereocenters. The largest absolute Gasteiger partial charge is 0.462 e. The SMILES string of the molecule is CCOC(=O)c1sc(Nc2nc3c(SC)cccc3s2)nc1C. The Morgan fingerprint density at radius 3 is 2.83 bits per heavy atom. The number of hydrogen-bond donors (Lipinski definition) is 1. The molecular weight excluding hydrogens is 350 g/mol. The number of esters is 1. The minimum absolute atomic E-state index is 0.329. The molecule has 0 unspecified atom stereocenters. The van der Waals surface area contributed by atoms with Gasteiger partial charge in [-0.3, -0.25) is 0 Å². The third-order valence-electron chi connectivity index (χ3n) is 3.07. The van der Waals surface area contributed by atoms with E-state index in [-0.39, 0.29) is 5.97 Å². The first-order chi connectivity index (χ1) is 11.1. The van der Waals surface area contributed by atoms with Crippen LogP contribution in [0.4, 0.5) is 10.3 Å². The molecule has 3 aromatic rings. The van der Waals surface area contributed by atoms with Gasteiger partial charge in [0.2, 0.25) is 0 Å². The van der Waals surface area contributed by atoms with E-state index in [2.05, 4.69) is 27.4 Å². The van der Waals surface area contributed by atoms with Crippen molar-refractivity contribution in [1.82, 2.24) is 9.97 Å². The number of nitrogens with one attached hydrogen (secondary N) is 1. The van der Waals surface area contributed by atoms with E-state index in [4.69, 9.17) is 4.74 Å². The van der Waals surface area contributed by atoms with Crippen molar-refractivity contribution in [2.24, 2.45) is 0 Å². The quantitative estimate of drug-likeness (QED) is 0.522. The average molecular weight is 366 g/mol. The van der Waals surface area contributed by atoms with Crippen molar-refractivity contribution in [2.45, 2.75) is 18.7 Å². The fraction of sp³-hybridized carbons (Fsp3) is 0.267. The highest BCUT2D eigenvalue weighted by molar-refractivity contribution is 7.98. The lowest BCUT2D eigenvalue weighted by molar-refractivity contribution is 0.0531. The van der Waals surface area contributed by atoms with E-state index in [1.807, 2.05) is 12.3 Å². The zero-order valence-corrected chi connectivity index (χ0v) is 15.3. The number of benzene rings is 1. The first-order valence-electron chi connectivity index (χ1n) is 6.97. The van der Waals surface area contributed by atoms with E-state index in [0.29, 0.717) is 22.3 Å². The lowest BCUT2D eigenvalue weighted by Gasteiger charge is -1.97. The van der Waals surface area contributed by atoms with Gasteiger partial charge in [-0.25, -0.2) is 14.8 Å². The van der Waals surface area contributed by atoms with Crippen LogP contribution in [0.5, 0.6) is 0 Å². The Bertz CT molecular complexity index is 857. The van der Waals surface area contributed by atoms with E-state index in [9.17, 15) is 4.79 Å². The Labute approximate surface area is 146 Å². The summed E-state index contributed by atoms with van der Waals surface area (Å²) >= 11 is 4.53. The number of nitrogens with zero attached hydrogens (tertiary/aromatic N) is 2. The molecule has 0 saturated carbocycles. The Hall–Kier alpha value is -1.64. The van der Waals surface area contributed by atoms with Gasteiger partial charge in [0.05, 0.1) is 22.5 Å². The lowest BCUT2D eigenvalue weighted by Crippen LogP contribution is -2.03. The number of anilines is 2. The summed E-state index contributed by atoms with van der Waals surface area (Å²) in [5, 5.41) is 4.62. The number of ether oxygens (including phenoxy) is 1. The van der Waals surface area contributed by atoms with E-state index in [0.717, 1.165) is 20.2 Å². The molecule has 1 N–H and O–H groups in total. The second-order valence-corrected chi connectivity index (χ2v) is 7.48. The highest BCUT2D eigenvalue weighted by Crippen LogP contribution is 2.34. The second kappa shape index (κ2) is 6.86. The standard InChI is InChI=1S/C15H15N3O2S3/c1-4-20-13(19)12-8(2)16-14(23-12)18-15-17-11-9(21-3)6-5-7-10(11)22-15/h5-7H,4H2,1-3H3,(H,16,17,18). The molecule has 120 valence electrons. The summed E-state index contributed by atoms with van der Waals surface area (Å²) in [7, 11) is 0. The van der Waals surface area contributed by atoms with Gasteiger partial charge < -0.3 is 10.1 Å². The summed E-state index contributed by atoms with van der Waals surface area (Å²) in [5.41, 5.74) is 1.66. The molecule has 0 radical (unpaired) electrons. The van der Waals surface area contributed by atoms with Crippen molar-refractivity contribution >= 4 is 60.9 Å². The molecule has 0 saturated heterocycles. The fourth-order valence-corrected chi connectivity index (χ4v) is 4.51. The Kier molecular flexibility index (Phi) is 4.84. The molecule has 0 aliphatic carbocycles. The summed E-state index contributed by atoms with van der Waals surface area (Å²) in [6, 6.07) is 6.14. The number of rotatable bonds is 5. The maximum Gasteiger partial charge on any atom is 0.350 e. The highest BCUT2D eigenvalue weighted by Gasteiger charge is 2.17. The number of aryl methyl sites for hydroxylation is 1. The molecule has 8 heteroatoms. The van der Waals surface area contributed by atoms with Gasteiger partial charge in [0.1, 0.15) is 4.88 Å². The summed E-state index contributed by atoms with van der Waals surface area (Å²) in [6.45, 7) is 3.95. The number of hydrogen-bond acceptors (Lipinski definition) is 8. The topological polar surface area (TPSA) is 64.1 Å². The number of thiazole rings is 2. The van der Waals surface area contributed by atoms with Gasteiger partial charge >= 0.3 is 5.97 Å². The summed E-state index contributed by atoms with van der Waals surface area (Å²) in [6.07, 6.45) is 2.04. The van der Waals surface area contributed by atoms with Crippen molar-refractivity contribution in [3.05, 3.63) is 28.8 Å². The van der Waals surface area contributed by atoms with Crippen molar-refractivity contribution in [2.75, 3.05) is 18.2 Å². The van der Waals surface area contributed by atoms with Crippen LogP contribution < -0.4 is 5.32 Å². The van der Waals surface area contributed by atoms with Crippen LogP contribution in [0.3, 0.4) is 0 Å². The zero-order valence-electron chi connectivity index (χ0n) is 12.9. The lowest BCUT2D eigenvalue weighted by atomic mass is 10.3. The summed E-state index contributed by atoms with van der Waals surface area (Å²) in [4.78, 5) is 22.6. The van der Waals surface area contributed by atoms with Gasteiger partial charge in [-0.1, -0.05) is 28.7 Å². The third-order valence-corrected chi connectivity index (χ3v) is 5.83. The van der Waals surface area contributed by atoms with Crippen LogP contribution in [0.15, 0.2) is 23.1 Å². The number of aromatic nitrogens is 2. The molecule has 3 rings (SSSR count). The molecule has 2 heterocycles. The fourth-order valence-electron chi connectivity index (χ4n) is 2.07. The molecule has 0 fully saturated rings. The van der Waals surface area contributed by atoms with E-state index < -0.39 is 0 Å². The van der Waals surface area contributed by atoms with Gasteiger partial charge in [0.15, 0.2) is 10.3 Å². The van der Waals surface area contributed by atoms with Crippen LogP contribution in [0, 0.1) is 6.92 Å². The predicted molar refractivity (Wildman–Crippen MR) is 97.5 cm³/mol. The minimum Gasteiger partial charge on any atom is -0.462 e. The Morgan fingerprint density at radius 2 is 2.09 bits per heavy atom. The monoisotopic (exact) mass is 365 g/mol. The van der Waals surface area contributed by atoms with Crippen molar-refractivity contribution in [3.63, 3.8) is 0 Å². The molecule has 0 aliphatic heterocycles. The molecule has 0 aliphatic rings. The maximum atomic E-state index is 11.9. The van der Waals surface area contributed by atoms with Crippen LogP contribution in [0.25, 0.3) is 10.2 Å². The first-order valence-corrected chi connectivity index (χ1v) is 9.83. The number of thioether (sulfide) groups is 1. The van der Waals surface area contributed by atoms with Gasteiger partial charge in [0, 0.05) is 4.90 Å². The number of carbonyl (C=O) groups is 1. The number of fused-ring (bicyclic) bond motifs is 1. The average Bonchev–Trinajstić information content (AvgIpc) is 3.10. The molecule has 5 nitrogen and oxygen atoms in total. The molecule has 23 heavy (non-hydrogen) atoms. The van der Waals surface area contributed by atoms with Crippen molar-refractivity contribution in [3.8, 4) is 0 Å². The molecule has 0 spiro atoms. The van der Waals surface area contributed by atoms with Gasteiger partial charge in [-0.15, -0.1) is 11.8 Å². The zero-order chi connectivity index (χ0) is 16.4. The van der Waals surface area contributed by atoms with Crippen LogP contribution in [-0.4, -0.2) is 28.8 Å². The van der Waals surface area contributed by atoms with Crippen LogP contribution in [-0.2, 0) is 4.74 Å². The molecule has 1 aromatic carbocycles. The second-order valence-electron chi connectivity index (χ2n) is 4.61. The van der Waals surface area contributed by atoms with Gasteiger partial charge in [-0.2, -0.15) is 0 Å². The summed E-state index contributed by atoms with van der Waals surface area (Å²) < 4.78 is 6.16. The van der Waals surface area contributed by atoms with Crippen molar-refractivity contribution < 1.29 is 9.53 Å². The van der Waals surface area contributed by atoms with Gasteiger partial charge in [0.25, 0.3) is 0 Å². The van der Waals surface area contributed by atoms with Gasteiger partial charge in [-0.05, 0) is 32.2 Å². The van der Waals surface area contributed by atoms with Crippen LogP contribution in [0.1, 0.15) is 22.3 Å². The van der Waals surface area contributed by atoms with Crippen LogP contribution >= 0.6 is 34.4 Å². The smallest absolute Gasteiger partial charge is 0.350 e. The molecule has 0 bridgehead atoms. The van der Waals surface area contributed by atoms with Crippen molar-refractivity contribution in [1.29, 1.82) is 0 Å². The Balaban J connectivity index is 1.88. The molecule has 2 aromatic heterocycles.